The number of methoxy groups -OCH3 is 1. The van der Waals surface area contributed by atoms with Crippen LogP contribution in [-0.2, 0) is 17.6 Å². The molecule has 3 aromatic rings. The van der Waals surface area contributed by atoms with Crippen LogP contribution in [0.1, 0.15) is 21.7 Å². The topological polar surface area (TPSA) is 39.4 Å². The number of aryl methyl sites for hydroxylation is 2. The molecule has 0 aliphatic heterocycles. The molecule has 106 valence electrons. The number of furan rings is 1. The van der Waals surface area contributed by atoms with Gasteiger partial charge in [0.1, 0.15) is 16.9 Å². The van der Waals surface area contributed by atoms with E-state index in [9.17, 15) is 4.79 Å². The summed E-state index contributed by atoms with van der Waals surface area (Å²) in [5, 5.41) is 0.812. The van der Waals surface area contributed by atoms with E-state index in [1.165, 1.54) is 12.7 Å². The van der Waals surface area contributed by atoms with Gasteiger partial charge in [-0.2, -0.15) is 0 Å². The fraction of sp³-hybridized carbons (Fsp3) is 0.167. The summed E-state index contributed by atoms with van der Waals surface area (Å²) in [6, 6.07) is 17.7. The highest BCUT2D eigenvalue weighted by Crippen LogP contribution is 2.27. The molecule has 0 N–H and O–H groups in total. The van der Waals surface area contributed by atoms with Crippen molar-refractivity contribution < 1.29 is 13.9 Å². The molecule has 1 heterocycles. The minimum absolute atomic E-state index is 0.344. The van der Waals surface area contributed by atoms with Crippen molar-refractivity contribution in [2.24, 2.45) is 0 Å². The molecule has 2 aromatic carbocycles. The first-order valence-electron chi connectivity index (χ1n) is 6.92. The van der Waals surface area contributed by atoms with Crippen LogP contribution in [0.3, 0.4) is 0 Å². The number of esters is 1. The molecule has 3 rings (SSSR count). The van der Waals surface area contributed by atoms with Crippen molar-refractivity contribution in [3.8, 4) is 0 Å². The Hall–Kier alpha value is -2.55. The van der Waals surface area contributed by atoms with Gasteiger partial charge in [-0.3, -0.25) is 0 Å². The highest BCUT2D eigenvalue weighted by atomic mass is 16.5. The minimum Gasteiger partial charge on any atom is -0.465 e. The van der Waals surface area contributed by atoms with E-state index >= 15 is 0 Å². The van der Waals surface area contributed by atoms with Crippen LogP contribution in [0.4, 0.5) is 0 Å². The van der Waals surface area contributed by atoms with E-state index in [2.05, 4.69) is 12.1 Å². The Morgan fingerprint density at radius 1 is 1.00 bits per heavy atom. The van der Waals surface area contributed by atoms with Gasteiger partial charge in [0.2, 0.25) is 0 Å². The Morgan fingerprint density at radius 2 is 1.71 bits per heavy atom. The first kappa shape index (κ1) is 13.4. The van der Waals surface area contributed by atoms with Crippen molar-refractivity contribution in [3.63, 3.8) is 0 Å². The number of hydrogen-bond acceptors (Lipinski definition) is 3. The summed E-state index contributed by atoms with van der Waals surface area (Å²) < 4.78 is 10.7. The predicted molar refractivity (Wildman–Crippen MR) is 81.4 cm³/mol. The molecule has 0 bridgehead atoms. The smallest absolute Gasteiger partial charge is 0.342 e. The first-order chi connectivity index (χ1) is 10.3. The van der Waals surface area contributed by atoms with Crippen molar-refractivity contribution in [1.29, 1.82) is 0 Å². The standard InChI is InChI=1S/C18H16O3/c1-20-18(19)17-14-9-5-6-10-15(14)21-16(17)12-11-13-7-3-2-4-8-13/h2-10H,11-12H2,1H3. The molecular weight excluding hydrogens is 264 g/mol. The molecule has 3 nitrogen and oxygen atoms in total. The SMILES string of the molecule is COC(=O)c1c(CCc2ccccc2)oc2ccccc12. The van der Waals surface area contributed by atoms with Gasteiger partial charge < -0.3 is 9.15 Å². The zero-order chi connectivity index (χ0) is 14.7. The highest BCUT2D eigenvalue weighted by molar-refractivity contribution is 6.04. The van der Waals surface area contributed by atoms with Crippen molar-refractivity contribution in [3.05, 3.63) is 71.5 Å². The van der Waals surface area contributed by atoms with E-state index in [1.807, 2.05) is 42.5 Å². The second kappa shape index (κ2) is 5.83. The highest BCUT2D eigenvalue weighted by Gasteiger charge is 2.20. The van der Waals surface area contributed by atoms with Gasteiger partial charge in [-0.25, -0.2) is 4.79 Å². The Bertz CT molecular complexity index is 756. The Morgan fingerprint density at radius 3 is 2.48 bits per heavy atom. The van der Waals surface area contributed by atoms with Gasteiger partial charge in [0, 0.05) is 11.8 Å². The van der Waals surface area contributed by atoms with Crippen LogP contribution < -0.4 is 0 Å². The number of ether oxygens (including phenoxy) is 1. The predicted octanol–water partition coefficient (Wildman–Crippen LogP) is 4.00. The minimum atomic E-state index is -0.344. The van der Waals surface area contributed by atoms with Crippen LogP contribution in [0, 0.1) is 0 Å². The van der Waals surface area contributed by atoms with Crippen LogP contribution in [0.25, 0.3) is 11.0 Å². The average Bonchev–Trinajstić information content (AvgIpc) is 2.91. The van der Waals surface area contributed by atoms with E-state index in [0.717, 1.165) is 17.4 Å². The van der Waals surface area contributed by atoms with Crippen LogP contribution in [0.15, 0.2) is 59.0 Å². The Balaban J connectivity index is 1.95. The molecule has 0 spiro atoms. The van der Waals surface area contributed by atoms with Crippen molar-refractivity contribution in [2.45, 2.75) is 12.8 Å². The fourth-order valence-electron chi connectivity index (χ4n) is 2.50. The monoisotopic (exact) mass is 280 g/mol. The van der Waals surface area contributed by atoms with Crippen LogP contribution in [0.5, 0.6) is 0 Å². The van der Waals surface area contributed by atoms with Crippen molar-refractivity contribution in [2.75, 3.05) is 7.11 Å². The van der Waals surface area contributed by atoms with E-state index in [4.69, 9.17) is 9.15 Å². The molecule has 0 amide bonds. The molecule has 0 saturated carbocycles. The van der Waals surface area contributed by atoms with E-state index < -0.39 is 0 Å². The Labute approximate surface area is 123 Å². The third-order valence-electron chi connectivity index (χ3n) is 3.54. The van der Waals surface area contributed by atoms with Crippen LogP contribution in [0.2, 0.25) is 0 Å². The van der Waals surface area contributed by atoms with E-state index in [-0.39, 0.29) is 5.97 Å². The van der Waals surface area contributed by atoms with Gasteiger partial charge in [0.15, 0.2) is 0 Å². The molecule has 0 unspecified atom stereocenters. The summed E-state index contributed by atoms with van der Waals surface area (Å²) in [6.45, 7) is 0. The maximum absolute atomic E-state index is 12.0. The number of benzene rings is 2. The van der Waals surface area contributed by atoms with Gasteiger partial charge in [-0.15, -0.1) is 0 Å². The molecule has 21 heavy (non-hydrogen) atoms. The zero-order valence-corrected chi connectivity index (χ0v) is 11.8. The summed E-state index contributed by atoms with van der Waals surface area (Å²) >= 11 is 0. The number of carbonyl (C=O) groups is 1. The third-order valence-corrected chi connectivity index (χ3v) is 3.54. The lowest BCUT2D eigenvalue weighted by Crippen LogP contribution is -2.04. The number of fused-ring (bicyclic) bond motifs is 1. The van der Waals surface area contributed by atoms with Gasteiger partial charge in [0.25, 0.3) is 0 Å². The normalized spacial score (nSPS) is 10.7. The lowest BCUT2D eigenvalue weighted by molar-refractivity contribution is 0.0600. The van der Waals surface area contributed by atoms with Gasteiger partial charge in [-0.05, 0) is 18.1 Å². The second-order valence-corrected chi connectivity index (χ2v) is 4.87. The molecular formula is C18H16O3. The molecule has 3 heteroatoms. The van der Waals surface area contributed by atoms with Gasteiger partial charge in [0.05, 0.1) is 7.11 Å². The van der Waals surface area contributed by atoms with E-state index in [1.54, 1.807) is 0 Å². The molecule has 0 fully saturated rings. The first-order valence-corrected chi connectivity index (χ1v) is 6.92. The summed E-state index contributed by atoms with van der Waals surface area (Å²) in [6.07, 6.45) is 1.49. The number of carbonyl (C=O) groups excluding carboxylic acids is 1. The Kier molecular flexibility index (Phi) is 3.73. The molecule has 0 atom stereocenters. The molecule has 0 radical (unpaired) electrons. The largest absolute Gasteiger partial charge is 0.465 e. The molecule has 0 aliphatic carbocycles. The van der Waals surface area contributed by atoms with E-state index in [0.29, 0.717) is 17.7 Å². The molecule has 1 aromatic heterocycles. The average molecular weight is 280 g/mol. The fourth-order valence-corrected chi connectivity index (χ4v) is 2.50. The quantitative estimate of drug-likeness (QED) is 0.678. The lowest BCUT2D eigenvalue weighted by atomic mass is 10.0. The summed E-state index contributed by atoms with van der Waals surface area (Å²) in [7, 11) is 1.39. The van der Waals surface area contributed by atoms with Gasteiger partial charge >= 0.3 is 5.97 Å². The molecule has 0 aliphatic rings. The van der Waals surface area contributed by atoms with Crippen LogP contribution in [-0.4, -0.2) is 13.1 Å². The second-order valence-electron chi connectivity index (χ2n) is 4.87. The number of hydrogen-bond donors (Lipinski definition) is 0. The van der Waals surface area contributed by atoms with Gasteiger partial charge in [-0.1, -0.05) is 48.5 Å². The zero-order valence-electron chi connectivity index (χ0n) is 11.8. The maximum Gasteiger partial charge on any atom is 0.342 e. The third kappa shape index (κ3) is 2.68. The number of rotatable bonds is 4. The van der Waals surface area contributed by atoms with Crippen molar-refractivity contribution in [1.82, 2.24) is 0 Å². The maximum atomic E-state index is 12.0. The lowest BCUT2D eigenvalue weighted by Gasteiger charge is -2.02. The molecule has 0 saturated heterocycles. The summed E-state index contributed by atoms with van der Waals surface area (Å²) in [5.41, 5.74) is 2.48. The summed E-state index contributed by atoms with van der Waals surface area (Å²) in [5.74, 6) is 0.343. The van der Waals surface area contributed by atoms with Crippen molar-refractivity contribution >= 4 is 16.9 Å². The van der Waals surface area contributed by atoms with Crippen LogP contribution >= 0.6 is 0 Å². The summed E-state index contributed by atoms with van der Waals surface area (Å²) in [4.78, 5) is 12.0. The number of para-hydroxylation sites is 1.